The van der Waals surface area contributed by atoms with E-state index in [1.165, 1.54) is 4.90 Å². The number of halogens is 3. The maximum atomic E-state index is 12.4. The monoisotopic (exact) mass is 322 g/mol. The maximum Gasteiger partial charge on any atom is 0.401 e. The Hall–Kier alpha value is -0.980. The number of hydrogen-bond donors (Lipinski definition) is 2. The van der Waals surface area contributed by atoms with Crippen LogP contribution in [0.2, 0.25) is 0 Å². The lowest BCUT2D eigenvalue weighted by atomic mass is 10.1. The molecular weight excluding hydrogens is 293 g/mol. The summed E-state index contributed by atoms with van der Waals surface area (Å²) in [5.74, 6) is 1.38. The molecule has 0 spiro atoms. The first kappa shape index (κ1) is 19.1. The van der Waals surface area contributed by atoms with Gasteiger partial charge in [-0.15, -0.1) is 0 Å². The van der Waals surface area contributed by atoms with Crippen molar-refractivity contribution in [2.45, 2.75) is 52.3 Å². The maximum absolute atomic E-state index is 12.4. The molecule has 2 N–H and O–H groups in total. The van der Waals surface area contributed by atoms with E-state index < -0.39 is 12.7 Å². The second-order valence-electron chi connectivity index (χ2n) is 6.28. The number of guanidine groups is 1. The smallest absolute Gasteiger partial charge is 0.357 e. The van der Waals surface area contributed by atoms with Crippen LogP contribution in [0, 0.1) is 5.92 Å². The van der Waals surface area contributed by atoms with Crippen molar-refractivity contribution < 1.29 is 13.2 Å². The Bertz CT molecular complexity index is 342. The van der Waals surface area contributed by atoms with Gasteiger partial charge in [-0.25, -0.2) is 0 Å². The fourth-order valence-electron chi connectivity index (χ4n) is 2.55. The number of alkyl halides is 3. The molecule has 22 heavy (non-hydrogen) atoms. The molecule has 1 fully saturated rings. The minimum Gasteiger partial charge on any atom is -0.357 e. The van der Waals surface area contributed by atoms with E-state index in [1.54, 1.807) is 0 Å². The predicted octanol–water partition coefficient (Wildman–Crippen LogP) is 2.61. The summed E-state index contributed by atoms with van der Waals surface area (Å²) < 4.78 is 37.2. The second-order valence-corrected chi connectivity index (χ2v) is 6.28. The van der Waals surface area contributed by atoms with Crippen LogP contribution >= 0.6 is 0 Å². The van der Waals surface area contributed by atoms with Crippen molar-refractivity contribution in [2.24, 2.45) is 10.9 Å². The van der Waals surface area contributed by atoms with Crippen LogP contribution in [-0.2, 0) is 0 Å². The highest BCUT2D eigenvalue weighted by Gasteiger charge is 2.34. The molecule has 1 aliphatic rings. The van der Waals surface area contributed by atoms with E-state index in [0.29, 0.717) is 31.4 Å². The molecule has 1 heterocycles. The summed E-state index contributed by atoms with van der Waals surface area (Å²) in [4.78, 5) is 5.95. The molecule has 0 aromatic rings. The van der Waals surface area contributed by atoms with E-state index in [0.717, 1.165) is 25.9 Å². The van der Waals surface area contributed by atoms with Gasteiger partial charge in [0.2, 0.25) is 0 Å². The molecule has 7 heteroatoms. The van der Waals surface area contributed by atoms with Crippen LogP contribution in [-0.4, -0.2) is 55.8 Å². The van der Waals surface area contributed by atoms with Crippen LogP contribution in [0.15, 0.2) is 4.99 Å². The number of rotatable bonds is 7. The Morgan fingerprint density at radius 3 is 2.68 bits per heavy atom. The quantitative estimate of drug-likeness (QED) is 0.430. The van der Waals surface area contributed by atoms with Gasteiger partial charge in [-0.05, 0) is 32.1 Å². The molecule has 0 bridgehead atoms. The van der Waals surface area contributed by atoms with E-state index in [4.69, 9.17) is 0 Å². The van der Waals surface area contributed by atoms with Gasteiger partial charge in [0.15, 0.2) is 5.96 Å². The SMILES string of the molecule is CCNC(=NCCCC(C)C)NC1CCN(CC(F)(F)F)C1. The Kier molecular flexibility index (Phi) is 8.00. The number of likely N-dealkylation sites (tertiary alicyclic amines) is 1. The largest absolute Gasteiger partial charge is 0.401 e. The molecule has 0 aromatic heterocycles. The van der Waals surface area contributed by atoms with Crippen molar-refractivity contribution in [2.75, 3.05) is 32.7 Å². The number of nitrogens with zero attached hydrogens (tertiary/aromatic N) is 2. The van der Waals surface area contributed by atoms with Gasteiger partial charge in [-0.3, -0.25) is 9.89 Å². The highest BCUT2D eigenvalue weighted by atomic mass is 19.4. The van der Waals surface area contributed by atoms with Crippen LogP contribution in [0.25, 0.3) is 0 Å². The third-order valence-corrected chi connectivity index (χ3v) is 3.57. The van der Waals surface area contributed by atoms with E-state index in [-0.39, 0.29) is 6.04 Å². The zero-order chi connectivity index (χ0) is 16.6. The van der Waals surface area contributed by atoms with Gasteiger partial charge in [-0.2, -0.15) is 13.2 Å². The number of nitrogens with one attached hydrogen (secondary N) is 2. The van der Waals surface area contributed by atoms with Gasteiger partial charge >= 0.3 is 6.18 Å². The molecule has 1 aliphatic heterocycles. The molecule has 130 valence electrons. The second kappa shape index (κ2) is 9.22. The average molecular weight is 322 g/mol. The average Bonchev–Trinajstić information content (AvgIpc) is 2.79. The molecule has 0 amide bonds. The van der Waals surface area contributed by atoms with E-state index in [9.17, 15) is 13.2 Å². The third-order valence-electron chi connectivity index (χ3n) is 3.57. The van der Waals surface area contributed by atoms with E-state index >= 15 is 0 Å². The number of aliphatic imine (C=N–C) groups is 1. The van der Waals surface area contributed by atoms with Crippen molar-refractivity contribution in [3.63, 3.8) is 0 Å². The minimum atomic E-state index is -4.12. The van der Waals surface area contributed by atoms with Gasteiger partial charge in [0.1, 0.15) is 0 Å². The lowest BCUT2D eigenvalue weighted by molar-refractivity contribution is -0.143. The van der Waals surface area contributed by atoms with Crippen molar-refractivity contribution in [3.8, 4) is 0 Å². The Morgan fingerprint density at radius 1 is 1.36 bits per heavy atom. The van der Waals surface area contributed by atoms with Gasteiger partial charge in [0.05, 0.1) is 6.54 Å². The summed E-state index contributed by atoms with van der Waals surface area (Å²) in [5.41, 5.74) is 0. The standard InChI is InChI=1S/C15H29F3N4/c1-4-19-14(20-8-5-6-12(2)3)21-13-7-9-22(10-13)11-15(16,17)18/h12-13H,4-11H2,1-3H3,(H2,19,20,21). The summed E-state index contributed by atoms with van der Waals surface area (Å²) in [6.45, 7) is 7.90. The molecule has 4 nitrogen and oxygen atoms in total. The summed E-state index contributed by atoms with van der Waals surface area (Å²) in [7, 11) is 0. The van der Waals surface area contributed by atoms with Gasteiger partial charge < -0.3 is 10.6 Å². The topological polar surface area (TPSA) is 39.7 Å². The van der Waals surface area contributed by atoms with Crippen LogP contribution < -0.4 is 10.6 Å². The zero-order valence-electron chi connectivity index (χ0n) is 13.8. The lowest BCUT2D eigenvalue weighted by Crippen LogP contribution is -2.45. The van der Waals surface area contributed by atoms with Crippen molar-refractivity contribution in [3.05, 3.63) is 0 Å². The number of hydrogen-bond acceptors (Lipinski definition) is 2. The molecule has 0 radical (unpaired) electrons. The van der Waals surface area contributed by atoms with Gasteiger partial charge in [0, 0.05) is 32.2 Å². The summed E-state index contributed by atoms with van der Waals surface area (Å²) in [6.07, 6.45) is -1.25. The van der Waals surface area contributed by atoms with Crippen LogP contribution in [0.4, 0.5) is 13.2 Å². The third kappa shape index (κ3) is 8.46. The van der Waals surface area contributed by atoms with Crippen molar-refractivity contribution in [1.29, 1.82) is 0 Å². The van der Waals surface area contributed by atoms with Crippen LogP contribution in [0.3, 0.4) is 0 Å². The van der Waals surface area contributed by atoms with Gasteiger partial charge in [0.25, 0.3) is 0 Å². The molecule has 0 saturated carbocycles. The first-order valence-electron chi connectivity index (χ1n) is 8.14. The van der Waals surface area contributed by atoms with Gasteiger partial charge in [-0.1, -0.05) is 13.8 Å². The first-order chi connectivity index (χ1) is 10.3. The molecule has 1 rings (SSSR count). The zero-order valence-corrected chi connectivity index (χ0v) is 13.8. The van der Waals surface area contributed by atoms with Crippen LogP contribution in [0.1, 0.15) is 40.0 Å². The lowest BCUT2D eigenvalue weighted by Gasteiger charge is -2.19. The Morgan fingerprint density at radius 2 is 2.09 bits per heavy atom. The first-order valence-corrected chi connectivity index (χ1v) is 8.14. The summed E-state index contributed by atoms with van der Waals surface area (Å²) in [6, 6.07) is 0.0326. The Labute approximate surface area is 131 Å². The molecular formula is C15H29F3N4. The fourth-order valence-corrected chi connectivity index (χ4v) is 2.55. The normalized spacial score (nSPS) is 20.7. The molecule has 0 aromatic carbocycles. The highest BCUT2D eigenvalue weighted by Crippen LogP contribution is 2.19. The van der Waals surface area contributed by atoms with Crippen molar-refractivity contribution >= 4 is 5.96 Å². The highest BCUT2D eigenvalue weighted by molar-refractivity contribution is 5.80. The van der Waals surface area contributed by atoms with E-state index in [1.807, 2.05) is 6.92 Å². The fraction of sp³-hybridized carbons (Fsp3) is 0.933. The van der Waals surface area contributed by atoms with E-state index in [2.05, 4.69) is 29.5 Å². The van der Waals surface area contributed by atoms with Crippen molar-refractivity contribution in [1.82, 2.24) is 15.5 Å². The van der Waals surface area contributed by atoms with Crippen LogP contribution in [0.5, 0.6) is 0 Å². The molecule has 1 unspecified atom stereocenters. The molecule has 0 aliphatic carbocycles. The molecule has 1 saturated heterocycles. The summed E-state index contributed by atoms with van der Waals surface area (Å²) >= 11 is 0. The summed E-state index contributed by atoms with van der Waals surface area (Å²) in [5, 5.41) is 6.41. The minimum absolute atomic E-state index is 0.0326. The Balaban J connectivity index is 2.38. The predicted molar refractivity (Wildman–Crippen MR) is 84.1 cm³/mol. The molecule has 1 atom stereocenters.